The summed E-state index contributed by atoms with van der Waals surface area (Å²) in [6.07, 6.45) is 0. The normalized spacial score (nSPS) is 12.5. The topological polar surface area (TPSA) is 46.5 Å². The molecule has 5 heteroatoms. The Morgan fingerprint density at radius 1 is 1.18 bits per heavy atom. The van der Waals surface area contributed by atoms with Crippen LogP contribution in [-0.2, 0) is 14.8 Å². The van der Waals surface area contributed by atoms with Crippen LogP contribution in [0.1, 0.15) is 9.67 Å². The predicted molar refractivity (Wildman–Crippen MR) is 68.7 cm³/mol. The van der Waals surface area contributed by atoms with Gasteiger partial charge < -0.3 is 8.57 Å². The Hall–Kier alpha value is -1.46. The molecule has 0 aliphatic carbocycles. The van der Waals surface area contributed by atoms with Crippen LogP contribution in [0.25, 0.3) is 0 Å². The van der Waals surface area contributed by atoms with Crippen molar-refractivity contribution in [1.29, 1.82) is 0 Å². The van der Waals surface area contributed by atoms with Crippen LogP contribution >= 0.6 is 11.3 Å². The van der Waals surface area contributed by atoms with Crippen LogP contribution in [0.2, 0.25) is 0 Å². The number of rotatable bonds is 4. The van der Waals surface area contributed by atoms with Crippen LogP contribution in [0.4, 0.5) is 0 Å². The zero-order chi connectivity index (χ0) is 12.1. The minimum atomic E-state index is -1.46. The molecular formula is C12H10NO2S2-. The molecule has 0 aliphatic rings. The van der Waals surface area contributed by atoms with E-state index in [1.54, 1.807) is 30.3 Å². The molecule has 88 valence electrons. The highest BCUT2D eigenvalue weighted by atomic mass is 32.2. The molecule has 0 atom stereocenters. The van der Waals surface area contributed by atoms with Crippen molar-refractivity contribution in [2.75, 3.05) is 6.54 Å². The molecule has 0 spiro atoms. The second kappa shape index (κ2) is 5.75. The summed E-state index contributed by atoms with van der Waals surface area (Å²) < 4.78 is 15.6. The maximum absolute atomic E-state index is 11.7. The minimum absolute atomic E-state index is 0.0397. The van der Waals surface area contributed by atoms with Crippen molar-refractivity contribution in [1.82, 2.24) is 0 Å². The molecule has 0 N–H and O–H groups in total. The molecule has 1 aromatic heterocycles. The summed E-state index contributed by atoms with van der Waals surface area (Å²) in [4.78, 5) is 12.9. The number of carbonyl (C=O) groups excluding carboxylic acids is 1. The Morgan fingerprint density at radius 3 is 2.59 bits per heavy atom. The van der Waals surface area contributed by atoms with E-state index in [1.807, 2.05) is 17.5 Å². The first-order valence-corrected chi connectivity index (χ1v) is 6.97. The summed E-state index contributed by atoms with van der Waals surface area (Å²) in [6.45, 7) is -0.0397. The van der Waals surface area contributed by atoms with E-state index in [0.717, 1.165) is 0 Å². The molecule has 0 amide bonds. The molecule has 0 bridgehead atoms. The molecule has 2 rings (SSSR count). The third-order valence-electron chi connectivity index (χ3n) is 2.07. The molecule has 0 saturated carbocycles. The lowest BCUT2D eigenvalue weighted by Gasteiger charge is -2.04. The van der Waals surface area contributed by atoms with Crippen molar-refractivity contribution in [3.63, 3.8) is 0 Å². The number of benzene rings is 1. The second-order valence-electron chi connectivity index (χ2n) is 3.25. The third kappa shape index (κ3) is 3.25. The van der Waals surface area contributed by atoms with Crippen molar-refractivity contribution in [3.8, 4) is 0 Å². The summed E-state index contributed by atoms with van der Waals surface area (Å²) in [5.41, 5.74) is 0. The molecule has 1 aromatic carbocycles. The average Bonchev–Trinajstić information content (AvgIpc) is 2.90. The highest BCUT2D eigenvalue weighted by Gasteiger charge is 2.02. The lowest BCUT2D eigenvalue weighted by molar-refractivity contribution is 0.101. The zero-order valence-corrected chi connectivity index (χ0v) is 10.5. The van der Waals surface area contributed by atoms with Crippen molar-refractivity contribution < 1.29 is 9.00 Å². The molecule has 0 saturated heterocycles. The summed E-state index contributed by atoms with van der Waals surface area (Å²) in [5.74, 6) is -0.0933. The largest absolute Gasteiger partial charge is 0.440 e. The number of thiophene rings is 1. The first-order valence-electron chi connectivity index (χ1n) is 4.98. The molecule has 0 fully saturated rings. The van der Waals surface area contributed by atoms with Gasteiger partial charge in [0.25, 0.3) is 0 Å². The van der Waals surface area contributed by atoms with Crippen LogP contribution < -0.4 is 0 Å². The number of hydrogen-bond donors (Lipinski definition) is 0. The van der Waals surface area contributed by atoms with Gasteiger partial charge in [-0.05, 0) is 11.4 Å². The molecule has 0 aliphatic heterocycles. The number of hydrogen-bond acceptors (Lipinski definition) is 5. The van der Waals surface area contributed by atoms with Gasteiger partial charge in [-0.2, -0.15) is 10.6 Å². The van der Waals surface area contributed by atoms with E-state index >= 15 is 0 Å². The van der Waals surface area contributed by atoms with Crippen molar-refractivity contribution in [2.45, 2.75) is 4.90 Å². The van der Waals surface area contributed by atoms with Crippen LogP contribution in [0.3, 0.4) is 0 Å². The number of carbonyl (C=O) groups is 1. The molecular weight excluding hydrogens is 254 g/mol. The fraction of sp³-hybridized carbons (Fsp3) is 0.0833. The van der Waals surface area contributed by atoms with Gasteiger partial charge in [-0.15, -0.1) is 11.3 Å². The monoisotopic (exact) mass is 264 g/mol. The van der Waals surface area contributed by atoms with Gasteiger partial charge >= 0.3 is 0 Å². The summed E-state index contributed by atoms with van der Waals surface area (Å²) in [6, 6.07) is 12.5. The lowest BCUT2D eigenvalue weighted by atomic mass is 10.3. The van der Waals surface area contributed by atoms with E-state index in [0.29, 0.717) is 9.77 Å². The van der Waals surface area contributed by atoms with Gasteiger partial charge in [0.2, 0.25) is 0 Å². The summed E-state index contributed by atoms with van der Waals surface area (Å²) in [5, 5.41) is 1.83. The van der Waals surface area contributed by atoms with Crippen molar-refractivity contribution >= 4 is 27.7 Å². The highest BCUT2D eigenvalue weighted by molar-refractivity contribution is 7.74. The minimum Gasteiger partial charge on any atom is -0.440 e. The fourth-order valence-corrected chi connectivity index (χ4v) is 2.67. The lowest BCUT2D eigenvalue weighted by Crippen LogP contribution is -2.00. The predicted octanol–water partition coefficient (Wildman–Crippen LogP) is 3.14. The third-order valence-corrected chi connectivity index (χ3v) is 4.02. The van der Waals surface area contributed by atoms with Gasteiger partial charge in [0.05, 0.1) is 11.4 Å². The number of Topliss-reactive ketones (excluding diaryl/α,β-unsaturated/α-hetero) is 1. The standard InChI is InChI=1S/C12H10NO2S2/c14-11(12-7-4-8-16-12)9-13-17(15)10-5-2-1-3-6-10/h1-8H,9H2/q-1. The zero-order valence-electron chi connectivity index (χ0n) is 8.91. The highest BCUT2D eigenvalue weighted by Crippen LogP contribution is 2.10. The van der Waals surface area contributed by atoms with E-state index in [4.69, 9.17) is 0 Å². The van der Waals surface area contributed by atoms with Crippen molar-refractivity contribution in [3.05, 3.63) is 52.7 Å². The first-order chi connectivity index (χ1) is 8.27. The second-order valence-corrected chi connectivity index (χ2v) is 5.43. The first kappa shape index (κ1) is 12.0. The van der Waals surface area contributed by atoms with Crippen LogP contribution in [0.15, 0.2) is 57.1 Å². The Kier molecular flexibility index (Phi) is 4.06. The van der Waals surface area contributed by atoms with Gasteiger partial charge in [0.15, 0.2) is 5.78 Å². The van der Waals surface area contributed by atoms with Gasteiger partial charge in [-0.25, -0.2) is 0 Å². The van der Waals surface area contributed by atoms with Gasteiger partial charge in [0, 0.05) is 0 Å². The Bertz CT molecular complexity index is 570. The maximum Gasteiger partial charge on any atom is 0.191 e. The SMILES string of the molecule is O=C(CN=[S-](=O)c1ccccc1)c1cccs1. The molecule has 3 nitrogen and oxygen atoms in total. The van der Waals surface area contributed by atoms with E-state index in [2.05, 4.69) is 4.36 Å². The van der Waals surface area contributed by atoms with Crippen LogP contribution in [-0.4, -0.2) is 12.3 Å². The fourth-order valence-electron chi connectivity index (χ4n) is 1.24. The molecule has 1 heterocycles. The Morgan fingerprint density at radius 2 is 1.94 bits per heavy atom. The average molecular weight is 264 g/mol. The molecule has 2 aromatic rings. The van der Waals surface area contributed by atoms with Crippen molar-refractivity contribution in [2.24, 2.45) is 4.36 Å². The summed E-state index contributed by atoms with van der Waals surface area (Å²) >= 11 is 1.37. The van der Waals surface area contributed by atoms with Crippen LogP contribution in [0, 0.1) is 0 Å². The number of ketones is 1. The Labute approximate surface area is 105 Å². The van der Waals surface area contributed by atoms with Gasteiger partial charge in [0.1, 0.15) is 0 Å². The number of nitrogens with zero attached hydrogens (tertiary/aromatic N) is 1. The molecule has 0 radical (unpaired) electrons. The van der Waals surface area contributed by atoms with E-state index in [9.17, 15) is 9.00 Å². The quantitative estimate of drug-likeness (QED) is 0.629. The van der Waals surface area contributed by atoms with Crippen LogP contribution in [0.5, 0.6) is 0 Å². The van der Waals surface area contributed by atoms with E-state index in [-0.39, 0.29) is 12.3 Å². The molecule has 17 heavy (non-hydrogen) atoms. The molecule has 0 unspecified atom stereocenters. The summed E-state index contributed by atoms with van der Waals surface area (Å²) in [7, 11) is -1.46. The Balaban J connectivity index is 2.07. The maximum atomic E-state index is 11.7. The van der Waals surface area contributed by atoms with Gasteiger partial charge in [-0.1, -0.05) is 41.3 Å². The van der Waals surface area contributed by atoms with E-state index < -0.39 is 10.6 Å². The smallest absolute Gasteiger partial charge is 0.191 e. The van der Waals surface area contributed by atoms with Gasteiger partial charge in [-0.3, -0.25) is 4.79 Å². The van der Waals surface area contributed by atoms with E-state index in [1.165, 1.54) is 11.3 Å².